The highest BCUT2D eigenvalue weighted by atomic mass is 35.5. The van der Waals surface area contributed by atoms with Gasteiger partial charge in [0.1, 0.15) is 11.8 Å². The molecular formula is C21H24ClN3O3. The Kier molecular flexibility index (Phi) is 8.02. The van der Waals surface area contributed by atoms with Gasteiger partial charge in [0.15, 0.2) is 0 Å². The quantitative estimate of drug-likeness (QED) is 0.523. The number of ether oxygens (including phenoxy) is 1. The summed E-state index contributed by atoms with van der Waals surface area (Å²) in [5.41, 5.74) is 3.74. The highest BCUT2D eigenvalue weighted by Crippen LogP contribution is 2.12. The van der Waals surface area contributed by atoms with E-state index in [4.69, 9.17) is 16.3 Å². The molecule has 0 spiro atoms. The van der Waals surface area contributed by atoms with Gasteiger partial charge in [0.2, 0.25) is 0 Å². The largest absolute Gasteiger partial charge is 0.497 e. The number of nitrogens with one attached hydrogen (secondary N) is 2. The zero-order chi connectivity index (χ0) is 20.5. The molecule has 2 amide bonds. The highest BCUT2D eigenvalue weighted by Gasteiger charge is 2.22. The Balaban J connectivity index is 2.00. The topological polar surface area (TPSA) is 79.8 Å². The number of carbonyl (C=O) groups excluding carboxylic acids is 2. The Morgan fingerprint density at radius 1 is 1.11 bits per heavy atom. The molecule has 0 saturated heterocycles. The number of nitrogens with zero attached hydrogens (tertiary/aromatic N) is 1. The monoisotopic (exact) mass is 401 g/mol. The van der Waals surface area contributed by atoms with Crippen molar-refractivity contribution in [2.45, 2.75) is 26.3 Å². The van der Waals surface area contributed by atoms with Crippen molar-refractivity contribution in [2.75, 3.05) is 7.11 Å². The summed E-state index contributed by atoms with van der Waals surface area (Å²) in [7, 11) is 1.59. The van der Waals surface area contributed by atoms with Crippen molar-refractivity contribution in [3.8, 4) is 5.75 Å². The second kappa shape index (κ2) is 10.5. The number of halogens is 1. The van der Waals surface area contributed by atoms with Crippen LogP contribution in [0.2, 0.25) is 5.02 Å². The lowest BCUT2D eigenvalue weighted by Gasteiger charge is -2.19. The second-order valence-corrected chi connectivity index (χ2v) is 7.11. The normalized spacial score (nSPS) is 12.0. The van der Waals surface area contributed by atoms with Gasteiger partial charge in [-0.15, -0.1) is 0 Å². The molecule has 2 N–H and O–H groups in total. The van der Waals surface area contributed by atoms with Crippen LogP contribution in [-0.2, 0) is 4.79 Å². The van der Waals surface area contributed by atoms with Gasteiger partial charge in [0, 0.05) is 10.6 Å². The van der Waals surface area contributed by atoms with E-state index in [1.54, 1.807) is 43.5 Å². The zero-order valence-electron chi connectivity index (χ0n) is 16.1. The fourth-order valence-corrected chi connectivity index (χ4v) is 2.61. The lowest BCUT2D eigenvalue weighted by atomic mass is 10.0. The van der Waals surface area contributed by atoms with Crippen molar-refractivity contribution >= 4 is 29.6 Å². The molecule has 0 aromatic heterocycles. The minimum absolute atomic E-state index is 0.215. The third kappa shape index (κ3) is 6.70. The maximum Gasteiger partial charge on any atom is 0.262 e. The number of rotatable bonds is 8. The maximum absolute atomic E-state index is 12.5. The summed E-state index contributed by atoms with van der Waals surface area (Å²) in [4.78, 5) is 24.9. The van der Waals surface area contributed by atoms with Crippen LogP contribution in [0, 0.1) is 5.92 Å². The molecule has 148 valence electrons. The molecule has 2 aromatic carbocycles. The Morgan fingerprint density at radius 3 is 2.32 bits per heavy atom. The molecule has 2 rings (SSSR count). The minimum atomic E-state index is -0.698. The lowest BCUT2D eigenvalue weighted by Crippen LogP contribution is -2.46. The Hall–Kier alpha value is -2.86. The molecule has 0 fully saturated rings. The van der Waals surface area contributed by atoms with Gasteiger partial charge in [-0.05, 0) is 66.4 Å². The summed E-state index contributed by atoms with van der Waals surface area (Å²) in [6.07, 6.45) is 2.02. The first-order chi connectivity index (χ1) is 13.4. The van der Waals surface area contributed by atoms with Gasteiger partial charge in [-0.2, -0.15) is 5.10 Å². The van der Waals surface area contributed by atoms with Gasteiger partial charge < -0.3 is 10.1 Å². The van der Waals surface area contributed by atoms with E-state index in [0.29, 0.717) is 17.0 Å². The first-order valence-electron chi connectivity index (χ1n) is 8.92. The SMILES string of the molecule is COc1ccc(C=NNC(=O)C(CC(C)C)NC(=O)c2ccc(Cl)cc2)cc1. The number of amides is 2. The van der Waals surface area contributed by atoms with E-state index in [9.17, 15) is 9.59 Å². The van der Waals surface area contributed by atoms with Crippen LogP contribution in [0.4, 0.5) is 0 Å². The summed E-state index contributed by atoms with van der Waals surface area (Å²) < 4.78 is 5.10. The van der Waals surface area contributed by atoms with Crippen molar-refractivity contribution < 1.29 is 14.3 Å². The summed E-state index contributed by atoms with van der Waals surface area (Å²) in [6, 6.07) is 13.0. The molecule has 0 heterocycles. The molecule has 0 saturated carbocycles. The van der Waals surface area contributed by atoms with Crippen LogP contribution in [0.1, 0.15) is 36.2 Å². The molecule has 2 aromatic rings. The first-order valence-corrected chi connectivity index (χ1v) is 9.30. The third-order valence-electron chi connectivity index (χ3n) is 3.94. The summed E-state index contributed by atoms with van der Waals surface area (Å²) in [6.45, 7) is 3.96. The standard InChI is InChI=1S/C21H24ClN3O3/c1-14(2)12-19(24-20(26)16-6-8-17(22)9-7-16)21(27)25-23-13-15-4-10-18(28-3)11-5-15/h4-11,13-14,19H,12H2,1-3H3,(H,24,26)(H,25,27). The molecule has 0 bridgehead atoms. The first kappa shape index (κ1) is 21.4. The molecule has 1 atom stereocenters. The molecule has 0 radical (unpaired) electrons. The fraction of sp³-hybridized carbons (Fsp3) is 0.286. The van der Waals surface area contributed by atoms with Gasteiger partial charge in [-0.25, -0.2) is 5.43 Å². The van der Waals surface area contributed by atoms with Crippen LogP contribution in [0.15, 0.2) is 53.6 Å². The van der Waals surface area contributed by atoms with Gasteiger partial charge in [-0.3, -0.25) is 9.59 Å². The van der Waals surface area contributed by atoms with E-state index < -0.39 is 6.04 Å². The average molecular weight is 402 g/mol. The molecule has 0 aliphatic carbocycles. The summed E-state index contributed by atoms with van der Waals surface area (Å²) >= 11 is 5.85. The predicted molar refractivity (Wildman–Crippen MR) is 111 cm³/mol. The van der Waals surface area contributed by atoms with Gasteiger partial charge in [0.05, 0.1) is 13.3 Å². The fourth-order valence-electron chi connectivity index (χ4n) is 2.48. The number of hydrazone groups is 1. The average Bonchev–Trinajstić information content (AvgIpc) is 2.68. The molecule has 7 heteroatoms. The molecule has 28 heavy (non-hydrogen) atoms. The number of carbonyl (C=O) groups is 2. The predicted octanol–water partition coefficient (Wildman–Crippen LogP) is 3.64. The van der Waals surface area contributed by atoms with E-state index in [-0.39, 0.29) is 17.7 Å². The van der Waals surface area contributed by atoms with Crippen LogP contribution in [-0.4, -0.2) is 31.2 Å². The van der Waals surface area contributed by atoms with Crippen LogP contribution >= 0.6 is 11.6 Å². The van der Waals surface area contributed by atoms with Crippen molar-refractivity contribution in [1.29, 1.82) is 0 Å². The van der Waals surface area contributed by atoms with E-state index in [1.807, 2.05) is 26.0 Å². The Morgan fingerprint density at radius 2 is 1.75 bits per heavy atom. The van der Waals surface area contributed by atoms with E-state index >= 15 is 0 Å². The zero-order valence-corrected chi connectivity index (χ0v) is 16.9. The summed E-state index contributed by atoms with van der Waals surface area (Å²) in [5.74, 6) is 0.243. The van der Waals surface area contributed by atoms with Crippen molar-refractivity contribution in [1.82, 2.24) is 10.7 Å². The van der Waals surface area contributed by atoms with Gasteiger partial charge >= 0.3 is 0 Å². The Bertz CT molecular complexity index is 818. The summed E-state index contributed by atoms with van der Waals surface area (Å²) in [5, 5.41) is 7.29. The number of hydrogen-bond acceptors (Lipinski definition) is 4. The maximum atomic E-state index is 12.5. The molecule has 1 unspecified atom stereocenters. The number of benzene rings is 2. The highest BCUT2D eigenvalue weighted by molar-refractivity contribution is 6.30. The van der Waals surface area contributed by atoms with Crippen LogP contribution in [0.5, 0.6) is 5.75 Å². The van der Waals surface area contributed by atoms with E-state index in [1.165, 1.54) is 6.21 Å². The third-order valence-corrected chi connectivity index (χ3v) is 4.19. The molecular weight excluding hydrogens is 378 g/mol. The smallest absolute Gasteiger partial charge is 0.262 e. The number of hydrogen-bond donors (Lipinski definition) is 2. The van der Waals surface area contributed by atoms with E-state index in [2.05, 4.69) is 15.8 Å². The van der Waals surface area contributed by atoms with Crippen LogP contribution in [0.25, 0.3) is 0 Å². The molecule has 0 aliphatic heterocycles. The van der Waals surface area contributed by atoms with E-state index in [0.717, 1.165) is 11.3 Å². The van der Waals surface area contributed by atoms with Crippen molar-refractivity contribution in [2.24, 2.45) is 11.0 Å². The minimum Gasteiger partial charge on any atom is -0.497 e. The van der Waals surface area contributed by atoms with Crippen LogP contribution in [0.3, 0.4) is 0 Å². The molecule has 0 aliphatic rings. The number of methoxy groups -OCH3 is 1. The second-order valence-electron chi connectivity index (χ2n) is 6.67. The van der Waals surface area contributed by atoms with Crippen molar-refractivity contribution in [3.05, 3.63) is 64.7 Å². The van der Waals surface area contributed by atoms with Crippen LogP contribution < -0.4 is 15.5 Å². The van der Waals surface area contributed by atoms with Crippen molar-refractivity contribution in [3.63, 3.8) is 0 Å². The van der Waals surface area contributed by atoms with Gasteiger partial charge in [-0.1, -0.05) is 25.4 Å². The Labute approximate surface area is 169 Å². The lowest BCUT2D eigenvalue weighted by molar-refractivity contribution is -0.123. The van der Waals surface area contributed by atoms with Gasteiger partial charge in [0.25, 0.3) is 11.8 Å². The molecule has 6 nitrogen and oxygen atoms in total.